The highest BCUT2D eigenvalue weighted by atomic mass is 16.5. The van der Waals surface area contributed by atoms with Crippen molar-refractivity contribution in [1.29, 1.82) is 0 Å². The highest BCUT2D eigenvalue weighted by molar-refractivity contribution is 5.89. The summed E-state index contributed by atoms with van der Waals surface area (Å²) in [6.45, 7) is 4.81. The van der Waals surface area contributed by atoms with Crippen LogP contribution in [0.1, 0.15) is 39.0 Å². The lowest BCUT2D eigenvalue weighted by Crippen LogP contribution is -2.49. The molecule has 3 fully saturated rings. The zero-order valence-electron chi connectivity index (χ0n) is 12.2. The van der Waals surface area contributed by atoms with Crippen LogP contribution in [0.15, 0.2) is 0 Å². The maximum atomic E-state index is 12.2. The lowest BCUT2D eigenvalue weighted by atomic mass is 9.88. The maximum Gasteiger partial charge on any atom is 0.225 e. The van der Waals surface area contributed by atoms with Crippen LogP contribution in [-0.2, 0) is 14.3 Å². The van der Waals surface area contributed by atoms with Crippen molar-refractivity contribution < 1.29 is 14.3 Å². The number of carbonyl (C=O) groups excluding carboxylic acids is 2. The number of hydrogen-bond donors (Lipinski definition) is 1. The number of likely N-dealkylation sites (tertiary alicyclic amines) is 1. The second-order valence-electron chi connectivity index (χ2n) is 6.91. The van der Waals surface area contributed by atoms with E-state index in [1.165, 1.54) is 12.8 Å². The van der Waals surface area contributed by atoms with Gasteiger partial charge in [-0.05, 0) is 12.8 Å². The van der Waals surface area contributed by atoms with Gasteiger partial charge in [0, 0.05) is 31.0 Å². The van der Waals surface area contributed by atoms with Crippen molar-refractivity contribution in [3.8, 4) is 0 Å². The number of nitrogens with zero attached hydrogens (tertiary/aromatic N) is 1. The Balaban J connectivity index is 1.50. The average Bonchev–Trinajstić information content (AvgIpc) is 3.02. The molecule has 1 saturated carbocycles. The fraction of sp³-hybridized carbons (Fsp3) is 0.867. The van der Waals surface area contributed by atoms with Crippen molar-refractivity contribution in [1.82, 2.24) is 10.2 Å². The van der Waals surface area contributed by atoms with Crippen LogP contribution in [0, 0.1) is 11.3 Å². The fourth-order valence-electron chi connectivity index (χ4n) is 3.47. The Kier molecular flexibility index (Phi) is 3.71. The molecule has 2 aliphatic heterocycles. The number of nitrogens with one attached hydrogen (secondary N) is 1. The molecule has 112 valence electrons. The molecule has 1 atom stereocenters. The van der Waals surface area contributed by atoms with Crippen molar-refractivity contribution in [3.63, 3.8) is 0 Å². The van der Waals surface area contributed by atoms with Gasteiger partial charge in [-0.1, -0.05) is 19.8 Å². The first-order valence-corrected chi connectivity index (χ1v) is 7.72. The zero-order chi connectivity index (χ0) is 14.2. The summed E-state index contributed by atoms with van der Waals surface area (Å²) < 4.78 is 5.18. The van der Waals surface area contributed by atoms with Gasteiger partial charge in [0.15, 0.2) is 0 Å². The first-order valence-electron chi connectivity index (χ1n) is 7.72. The Hall–Kier alpha value is -1.10. The molecular weight excluding hydrogens is 256 g/mol. The number of rotatable bonds is 4. The molecule has 0 spiro atoms. The van der Waals surface area contributed by atoms with Gasteiger partial charge in [-0.3, -0.25) is 9.59 Å². The van der Waals surface area contributed by atoms with E-state index in [-0.39, 0.29) is 23.1 Å². The van der Waals surface area contributed by atoms with E-state index in [2.05, 4.69) is 12.2 Å². The van der Waals surface area contributed by atoms with Crippen LogP contribution in [0.3, 0.4) is 0 Å². The first kappa shape index (κ1) is 13.9. The molecule has 3 aliphatic rings. The van der Waals surface area contributed by atoms with Crippen LogP contribution in [0.2, 0.25) is 0 Å². The molecule has 0 aromatic rings. The molecule has 5 heteroatoms. The molecule has 0 bridgehead atoms. The lowest BCUT2D eigenvalue weighted by molar-refractivity contribution is -0.131. The van der Waals surface area contributed by atoms with Gasteiger partial charge in [-0.2, -0.15) is 0 Å². The number of carbonyl (C=O) groups is 2. The van der Waals surface area contributed by atoms with Gasteiger partial charge >= 0.3 is 0 Å². The number of hydrogen-bond acceptors (Lipinski definition) is 3. The Morgan fingerprint density at radius 2 is 2.10 bits per heavy atom. The largest absolute Gasteiger partial charge is 0.380 e. The minimum Gasteiger partial charge on any atom is -0.380 e. The summed E-state index contributed by atoms with van der Waals surface area (Å²) in [5.41, 5.74) is 0.0867. The fourth-order valence-corrected chi connectivity index (χ4v) is 3.47. The zero-order valence-corrected chi connectivity index (χ0v) is 12.2. The van der Waals surface area contributed by atoms with Crippen molar-refractivity contribution >= 4 is 11.8 Å². The van der Waals surface area contributed by atoms with E-state index in [0.29, 0.717) is 38.8 Å². The third kappa shape index (κ3) is 2.68. The normalized spacial score (nSPS) is 29.6. The minimum absolute atomic E-state index is 0.0342. The van der Waals surface area contributed by atoms with E-state index in [4.69, 9.17) is 4.74 Å². The van der Waals surface area contributed by atoms with E-state index < -0.39 is 0 Å². The van der Waals surface area contributed by atoms with Crippen molar-refractivity contribution in [2.45, 2.75) is 45.1 Å². The lowest BCUT2D eigenvalue weighted by Gasteiger charge is -2.38. The quantitative estimate of drug-likeness (QED) is 0.833. The molecule has 0 aromatic carbocycles. The molecule has 5 nitrogen and oxygen atoms in total. The van der Waals surface area contributed by atoms with Crippen molar-refractivity contribution in [2.24, 2.45) is 11.3 Å². The molecule has 2 amide bonds. The maximum absolute atomic E-state index is 12.2. The van der Waals surface area contributed by atoms with E-state index in [1.807, 2.05) is 4.90 Å². The number of ether oxygens (including phenoxy) is 1. The third-order valence-electron chi connectivity index (χ3n) is 4.89. The minimum atomic E-state index is -0.160. The second-order valence-corrected chi connectivity index (χ2v) is 6.91. The van der Waals surface area contributed by atoms with E-state index in [1.54, 1.807) is 0 Å². The molecule has 1 N–H and O–H groups in total. The van der Waals surface area contributed by atoms with Gasteiger partial charge in [0.1, 0.15) is 0 Å². The first-order chi connectivity index (χ1) is 9.57. The topological polar surface area (TPSA) is 58.6 Å². The standard InChI is InChI=1S/C15H24N2O3/c1-15(9-20-10-15)8-16-14(19)11-6-13(18)17(7-11)12-4-2-3-5-12/h11-12H,2-10H2,1H3,(H,16,19). The smallest absolute Gasteiger partial charge is 0.225 e. The highest BCUT2D eigenvalue weighted by Gasteiger charge is 2.40. The summed E-state index contributed by atoms with van der Waals surface area (Å²) in [6.07, 6.45) is 5.02. The second kappa shape index (κ2) is 5.35. The predicted octanol–water partition coefficient (Wildman–Crippen LogP) is 0.930. The van der Waals surface area contributed by atoms with Crippen LogP contribution in [0.5, 0.6) is 0 Å². The summed E-state index contributed by atoms with van der Waals surface area (Å²) in [5.74, 6) is 0.0370. The van der Waals surface area contributed by atoms with Gasteiger partial charge in [0.05, 0.1) is 19.1 Å². The highest BCUT2D eigenvalue weighted by Crippen LogP contribution is 2.30. The molecular formula is C15H24N2O3. The Labute approximate surface area is 120 Å². The molecule has 0 aromatic heterocycles. The summed E-state index contributed by atoms with van der Waals surface area (Å²) in [6, 6.07) is 0.387. The van der Waals surface area contributed by atoms with Crippen LogP contribution < -0.4 is 5.32 Å². The predicted molar refractivity (Wildman–Crippen MR) is 74.0 cm³/mol. The Bertz CT molecular complexity index is 400. The summed E-state index contributed by atoms with van der Waals surface area (Å²) in [5, 5.41) is 3.00. The van der Waals surface area contributed by atoms with Gasteiger partial charge in [-0.15, -0.1) is 0 Å². The summed E-state index contributed by atoms with van der Waals surface area (Å²) in [7, 11) is 0. The molecule has 2 saturated heterocycles. The number of amides is 2. The van der Waals surface area contributed by atoms with Crippen LogP contribution in [0.25, 0.3) is 0 Å². The molecule has 20 heavy (non-hydrogen) atoms. The molecule has 3 rings (SSSR count). The van der Waals surface area contributed by atoms with Gasteiger partial charge in [-0.25, -0.2) is 0 Å². The van der Waals surface area contributed by atoms with Crippen LogP contribution in [0.4, 0.5) is 0 Å². The molecule has 0 radical (unpaired) electrons. The average molecular weight is 280 g/mol. The van der Waals surface area contributed by atoms with E-state index >= 15 is 0 Å². The van der Waals surface area contributed by atoms with Crippen LogP contribution in [-0.4, -0.2) is 49.1 Å². The van der Waals surface area contributed by atoms with Crippen molar-refractivity contribution in [3.05, 3.63) is 0 Å². The Morgan fingerprint density at radius 3 is 2.70 bits per heavy atom. The molecule has 1 aliphatic carbocycles. The van der Waals surface area contributed by atoms with Crippen molar-refractivity contribution in [2.75, 3.05) is 26.3 Å². The summed E-state index contributed by atoms with van der Waals surface area (Å²) in [4.78, 5) is 26.2. The van der Waals surface area contributed by atoms with Gasteiger partial charge in [0.2, 0.25) is 11.8 Å². The Morgan fingerprint density at radius 1 is 1.40 bits per heavy atom. The van der Waals surface area contributed by atoms with Crippen LogP contribution >= 0.6 is 0 Å². The van der Waals surface area contributed by atoms with Gasteiger partial charge in [0.25, 0.3) is 0 Å². The van der Waals surface area contributed by atoms with E-state index in [9.17, 15) is 9.59 Å². The third-order valence-corrected chi connectivity index (χ3v) is 4.89. The molecule has 2 heterocycles. The molecule has 1 unspecified atom stereocenters. The monoisotopic (exact) mass is 280 g/mol. The SMILES string of the molecule is CC1(CNC(=O)C2CC(=O)N(C3CCCC3)C2)COC1. The van der Waals surface area contributed by atoms with E-state index in [0.717, 1.165) is 12.8 Å². The van der Waals surface area contributed by atoms with Gasteiger partial charge < -0.3 is 15.0 Å². The summed E-state index contributed by atoms with van der Waals surface area (Å²) >= 11 is 0.